The molecule has 2 aliphatic rings. The van der Waals surface area contributed by atoms with E-state index in [-0.39, 0.29) is 17.4 Å². The van der Waals surface area contributed by atoms with E-state index in [0.717, 1.165) is 25.1 Å². The summed E-state index contributed by atoms with van der Waals surface area (Å²) in [6.07, 6.45) is 4.17. The lowest BCUT2D eigenvalue weighted by atomic mass is 9.63. The molecule has 1 aromatic rings. The smallest absolute Gasteiger partial charge is 0.250 e. The first-order chi connectivity index (χ1) is 8.76. The third-order valence-corrected chi connectivity index (χ3v) is 4.20. The zero-order valence-electron chi connectivity index (χ0n) is 10.6. The number of carbonyl (C=O) groups is 1. The van der Waals surface area contributed by atoms with Crippen molar-refractivity contribution in [3.63, 3.8) is 0 Å². The second-order valence-electron chi connectivity index (χ2n) is 5.19. The number of nitrogens with one attached hydrogen (secondary N) is 1. The van der Waals surface area contributed by atoms with Crippen LogP contribution in [0, 0.1) is 0 Å². The number of hydrogen-bond donors (Lipinski definition) is 1. The molecule has 0 radical (unpaired) electrons. The van der Waals surface area contributed by atoms with E-state index in [1.165, 1.54) is 12.0 Å². The van der Waals surface area contributed by atoms with Crippen LogP contribution in [0.25, 0.3) is 0 Å². The molecule has 3 heteroatoms. The summed E-state index contributed by atoms with van der Waals surface area (Å²) < 4.78 is 0. The molecule has 94 valence electrons. The van der Waals surface area contributed by atoms with Gasteiger partial charge in [0, 0.05) is 0 Å². The summed E-state index contributed by atoms with van der Waals surface area (Å²) in [6.45, 7) is 2.01. The van der Waals surface area contributed by atoms with Gasteiger partial charge in [-0.2, -0.15) is 0 Å². The molecule has 1 amide bonds. The van der Waals surface area contributed by atoms with Crippen LogP contribution in [-0.2, 0) is 10.2 Å². The van der Waals surface area contributed by atoms with Crippen LogP contribution >= 0.6 is 0 Å². The van der Waals surface area contributed by atoms with Crippen LogP contribution in [0.1, 0.15) is 38.2 Å². The number of carbonyl (C=O) groups excluding carboxylic acids is 1. The number of rotatable bonds is 3. The van der Waals surface area contributed by atoms with Crippen molar-refractivity contribution < 1.29 is 4.79 Å². The first-order valence-corrected chi connectivity index (χ1v) is 6.71. The number of aliphatic imine (C=N–C) groups is 1. The van der Waals surface area contributed by atoms with Crippen LogP contribution in [0.15, 0.2) is 35.3 Å². The molecular formula is C15H18N2O. The van der Waals surface area contributed by atoms with Crippen LogP contribution in [-0.4, -0.2) is 17.8 Å². The van der Waals surface area contributed by atoms with E-state index in [4.69, 9.17) is 0 Å². The van der Waals surface area contributed by atoms with Crippen molar-refractivity contribution >= 4 is 11.7 Å². The summed E-state index contributed by atoms with van der Waals surface area (Å²) in [4.78, 5) is 16.4. The molecule has 3 nitrogen and oxygen atoms in total. The third kappa shape index (κ3) is 1.57. The van der Waals surface area contributed by atoms with E-state index in [0.29, 0.717) is 0 Å². The van der Waals surface area contributed by atoms with Crippen LogP contribution in [0.2, 0.25) is 0 Å². The van der Waals surface area contributed by atoms with E-state index >= 15 is 0 Å². The lowest BCUT2D eigenvalue weighted by Gasteiger charge is -2.42. The Balaban J connectivity index is 1.97. The zero-order chi connectivity index (χ0) is 12.6. The topological polar surface area (TPSA) is 41.5 Å². The van der Waals surface area contributed by atoms with Crippen molar-refractivity contribution in [3.8, 4) is 0 Å². The molecule has 3 rings (SSSR count). The second kappa shape index (κ2) is 4.23. The van der Waals surface area contributed by atoms with Gasteiger partial charge >= 0.3 is 0 Å². The maximum absolute atomic E-state index is 11.8. The maximum atomic E-state index is 11.8. The minimum Gasteiger partial charge on any atom is -0.312 e. The molecule has 1 atom stereocenters. The number of amides is 1. The SMILES string of the molecule is CCC1N=C(C2(c3ccccc3)CCC2)NC1=O. The first kappa shape index (κ1) is 11.5. The molecule has 18 heavy (non-hydrogen) atoms. The first-order valence-electron chi connectivity index (χ1n) is 6.71. The molecule has 1 fully saturated rings. The lowest BCUT2D eigenvalue weighted by molar-refractivity contribution is -0.120. The number of nitrogens with zero attached hydrogens (tertiary/aromatic N) is 1. The summed E-state index contributed by atoms with van der Waals surface area (Å²) >= 11 is 0. The standard InChI is InChI=1S/C15H18N2O/c1-2-12-13(18)17-14(16-12)15(9-6-10-15)11-7-4-3-5-8-11/h3-5,7-8,12H,2,6,9-10H2,1H3,(H,16,17,18). The molecule has 1 heterocycles. The fraction of sp³-hybridized carbons (Fsp3) is 0.467. The molecule has 1 unspecified atom stereocenters. The van der Waals surface area contributed by atoms with Gasteiger partial charge in [-0.3, -0.25) is 9.79 Å². The van der Waals surface area contributed by atoms with Gasteiger partial charge in [0.25, 0.3) is 0 Å². The lowest BCUT2D eigenvalue weighted by Crippen LogP contribution is -2.48. The summed E-state index contributed by atoms with van der Waals surface area (Å²) in [5, 5.41) is 3.01. The monoisotopic (exact) mass is 242 g/mol. The van der Waals surface area contributed by atoms with Crippen molar-refractivity contribution in [3.05, 3.63) is 35.9 Å². The largest absolute Gasteiger partial charge is 0.312 e. The molecule has 1 N–H and O–H groups in total. The summed E-state index contributed by atoms with van der Waals surface area (Å²) in [5.74, 6) is 0.964. The van der Waals surface area contributed by atoms with E-state index in [1.807, 2.05) is 13.0 Å². The maximum Gasteiger partial charge on any atom is 0.250 e. The van der Waals surface area contributed by atoms with Gasteiger partial charge in [0.05, 0.1) is 5.41 Å². The van der Waals surface area contributed by atoms with Gasteiger partial charge in [-0.05, 0) is 24.8 Å². The fourth-order valence-corrected chi connectivity index (χ4v) is 2.92. The highest BCUT2D eigenvalue weighted by molar-refractivity contribution is 6.10. The van der Waals surface area contributed by atoms with Gasteiger partial charge in [0.2, 0.25) is 5.91 Å². The number of benzene rings is 1. The van der Waals surface area contributed by atoms with Gasteiger partial charge in [-0.15, -0.1) is 0 Å². The van der Waals surface area contributed by atoms with Crippen LogP contribution in [0.5, 0.6) is 0 Å². The van der Waals surface area contributed by atoms with Gasteiger partial charge in [0.15, 0.2) is 0 Å². The Bertz CT molecular complexity index is 488. The summed E-state index contributed by atoms with van der Waals surface area (Å²) in [6, 6.07) is 10.3. The average molecular weight is 242 g/mol. The van der Waals surface area contributed by atoms with Crippen molar-refractivity contribution in [1.29, 1.82) is 0 Å². The van der Waals surface area contributed by atoms with Crippen molar-refractivity contribution in [2.24, 2.45) is 4.99 Å². The predicted molar refractivity (Wildman–Crippen MR) is 71.6 cm³/mol. The van der Waals surface area contributed by atoms with E-state index < -0.39 is 0 Å². The van der Waals surface area contributed by atoms with Crippen LogP contribution in [0.3, 0.4) is 0 Å². The Morgan fingerprint density at radius 3 is 2.56 bits per heavy atom. The van der Waals surface area contributed by atoms with E-state index in [9.17, 15) is 4.79 Å². The van der Waals surface area contributed by atoms with Gasteiger partial charge in [-0.1, -0.05) is 43.7 Å². The molecule has 0 bridgehead atoms. The Labute approximate surface area is 107 Å². The number of hydrogen-bond acceptors (Lipinski definition) is 2. The third-order valence-electron chi connectivity index (χ3n) is 4.20. The van der Waals surface area contributed by atoms with Crippen molar-refractivity contribution in [1.82, 2.24) is 5.32 Å². The normalized spacial score (nSPS) is 25.3. The Morgan fingerprint density at radius 1 is 1.33 bits per heavy atom. The van der Waals surface area contributed by atoms with Crippen molar-refractivity contribution in [2.45, 2.75) is 44.1 Å². The highest BCUT2D eigenvalue weighted by Gasteiger charge is 2.46. The average Bonchev–Trinajstić information content (AvgIpc) is 2.71. The molecule has 1 aliphatic heterocycles. The van der Waals surface area contributed by atoms with Crippen LogP contribution < -0.4 is 5.32 Å². The molecule has 1 saturated carbocycles. The summed E-state index contributed by atoms with van der Waals surface area (Å²) in [5.41, 5.74) is 1.26. The zero-order valence-corrected chi connectivity index (χ0v) is 10.6. The molecule has 1 aromatic carbocycles. The Kier molecular flexibility index (Phi) is 2.69. The second-order valence-corrected chi connectivity index (χ2v) is 5.19. The minimum absolute atomic E-state index is 0.0269. The molecule has 1 aliphatic carbocycles. The van der Waals surface area contributed by atoms with E-state index in [2.05, 4.69) is 34.6 Å². The molecular weight excluding hydrogens is 224 g/mol. The molecule has 0 saturated heterocycles. The molecule has 0 aromatic heterocycles. The Morgan fingerprint density at radius 2 is 2.06 bits per heavy atom. The predicted octanol–water partition coefficient (Wildman–Crippen LogP) is 2.42. The summed E-state index contributed by atoms with van der Waals surface area (Å²) in [7, 11) is 0. The van der Waals surface area contributed by atoms with Crippen molar-refractivity contribution in [2.75, 3.05) is 0 Å². The van der Waals surface area contributed by atoms with Gasteiger partial charge in [0.1, 0.15) is 11.9 Å². The van der Waals surface area contributed by atoms with Gasteiger partial charge in [-0.25, -0.2) is 0 Å². The highest BCUT2D eigenvalue weighted by atomic mass is 16.2. The quantitative estimate of drug-likeness (QED) is 0.869. The minimum atomic E-state index is -0.179. The highest BCUT2D eigenvalue weighted by Crippen LogP contribution is 2.45. The Hall–Kier alpha value is -1.64. The molecule has 0 spiro atoms. The van der Waals surface area contributed by atoms with E-state index in [1.54, 1.807) is 0 Å². The fourth-order valence-electron chi connectivity index (χ4n) is 2.92. The van der Waals surface area contributed by atoms with Crippen LogP contribution in [0.4, 0.5) is 0 Å². The number of amidine groups is 1. The van der Waals surface area contributed by atoms with Gasteiger partial charge < -0.3 is 5.32 Å².